The summed E-state index contributed by atoms with van der Waals surface area (Å²) in [6.45, 7) is 1.18. The molecular formula is C29H29NO4S. The van der Waals surface area contributed by atoms with E-state index < -0.39 is 12.0 Å². The lowest BCUT2D eigenvalue weighted by Gasteiger charge is -2.39. The summed E-state index contributed by atoms with van der Waals surface area (Å²) < 4.78 is 13.0. The molecule has 1 fully saturated rings. The quantitative estimate of drug-likeness (QED) is 0.307. The zero-order chi connectivity index (χ0) is 24.2. The molecule has 0 aliphatic carbocycles. The Morgan fingerprint density at radius 2 is 1.86 bits per heavy atom. The number of carboxylic acids is 1. The number of fused-ring (bicyclic) bond motifs is 1. The molecule has 2 heterocycles. The summed E-state index contributed by atoms with van der Waals surface area (Å²) in [5, 5.41) is 13.4. The number of benzene rings is 3. The minimum Gasteiger partial charge on any atom is -0.493 e. The van der Waals surface area contributed by atoms with Crippen LogP contribution in [-0.2, 0) is 11.4 Å². The number of hydrogen-bond acceptors (Lipinski definition) is 5. The molecule has 5 rings (SSSR count). The Bertz CT molecular complexity index is 1300. The number of likely N-dealkylation sites (tertiary alicyclic amines) is 1. The van der Waals surface area contributed by atoms with E-state index in [0.717, 1.165) is 36.1 Å². The van der Waals surface area contributed by atoms with E-state index in [-0.39, 0.29) is 6.04 Å². The molecule has 5 nitrogen and oxygen atoms in total. The maximum Gasteiger partial charge on any atom is 0.320 e. The Hall–Kier alpha value is -3.35. The molecule has 3 aromatic carbocycles. The van der Waals surface area contributed by atoms with Crippen LogP contribution in [-0.4, -0.2) is 35.7 Å². The number of carboxylic acid groups (broad SMARTS) is 1. The first kappa shape index (κ1) is 23.4. The molecule has 180 valence electrons. The fraction of sp³-hybridized carbons (Fsp3) is 0.276. The predicted octanol–water partition coefficient (Wildman–Crippen LogP) is 6.52. The fourth-order valence-corrected chi connectivity index (χ4v) is 5.98. The minimum absolute atomic E-state index is 0.190. The average molecular weight is 488 g/mol. The van der Waals surface area contributed by atoms with Gasteiger partial charge in [0.1, 0.15) is 12.6 Å². The summed E-state index contributed by atoms with van der Waals surface area (Å²) in [6, 6.07) is 23.6. The van der Waals surface area contributed by atoms with Crippen LogP contribution < -0.4 is 9.47 Å². The SMILES string of the molecule is COc1cc(C(c2csc3ccccc23)N2CCCCC2C(=O)O)ccc1OCc1ccccc1. The van der Waals surface area contributed by atoms with E-state index in [9.17, 15) is 9.90 Å². The molecule has 6 heteroatoms. The van der Waals surface area contributed by atoms with Gasteiger partial charge in [-0.05, 0) is 65.0 Å². The van der Waals surface area contributed by atoms with Crippen molar-refractivity contribution in [3.63, 3.8) is 0 Å². The van der Waals surface area contributed by atoms with Gasteiger partial charge < -0.3 is 14.6 Å². The first-order chi connectivity index (χ1) is 17.2. The highest BCUT2D eigenvalue weighted by Gasteiger charge is 2.36. The summed E-state index contributed by atoms with van der Waals surface area (Å²) in [6.07, 6.45) is 2.57. The number of aliphatic carboxylic acids is 1. The third-order valence-corrected chi connectivity index (χ3v) is 7.69. The molecule has 1 N–H and O–H groups in total. The van der Waals surface area contributed by atoms with Gasteiger partial charge in [-0.2, -0.15) is 0 Å². The van der Waals surface area contributed by atoms with E-state index >= 15 is 0 Å². The molecule has 0 spiro atoms. The van der Waals surface area contributed by atoms with Gasteiger partial charge in [-0.1, -0.05) is 61.0 Å². The molecule has 1 aliphatic heterocycles. The van der Waals surface area contributed by atoms with Crippen molar-refractivity contribution in [3.8, 4) is 11.5 Å². The number of nitrogens with zero attached hydrogens (tertiary/aromatic N) is 1. The van der Waals surface area contributed by atoms with Gasteiger partial charge in [-0.25, -0.2) is 0 Å². The van der Waals surface area contributed by atoms with Crippen LogP contribution in [0.2, 0.25) is 0 Å². The fourth-order valence-electron chi connectivity index (χ4n) is 5.00. The number of carbonyl (C=O) groups is 1. The lowest BCUT2D eigenvalue weighted by Crippen LogP contribution is -2.46. The van der Waals surface area contributed by atoms with Gasteiger partial charge in [-0.15, -0.1) is 11.3 Å². The summed E-state index contributed by atoms with van der Waals surface area (Å²) in [4.78, 5) is 14.4. The second-order valence-corrected chi connectivity index (χ2v) is 9.77. The van der Waals surface area contributed by atoms with Gasteiger partial charge in [0.05, 0.1) is 13.2 Å². The Balaban J connectivity index is 1.55. The highest BCUT2D eigenvalue weighted by molar-refractivity contribution is 7.17. The van der Waals surface area contributed by atoms with Gasteiger partial charge in [-0.3, -0.25) is 9.69 Å². The molecule has 35 heavy (non-hydrogen) atoms. The maximum atomic E-state index is 12.2. The van der Waals surface area contributed by atoms with Gasteiger partial charge in [0, 0.05) is 4.70 Å². The third kappa shape index (κ3) is 4.90. The molecule has 2 unspecified atom stereocenters. The van der Waals surface area contributed by atoms with E-state index in [1.54, 1.807) is 18.4 Å². The van der Waals surface area contributed by atoms with Crippen molar-refractivity contribution in [2.75, 3.05) is 13.7 Å². The number of rotatable bonds is 8. The molecule has 4 aromatic rings. The number of hydrogen-bond donors (Lipinski definition) is 1. The molecular weight excluding hydrogens is 458 g/mol. The zero-order valence-electron chi connectivity index (χ0n) is 19.7. The summed E-state index contributed by atoms with van der Waals surface area (Å²) in [5.41, 5.74) is 3.23. The van der Waals surface area contributed by atoms with E-state index in [1.165, 1.54) is 10.1 Å². The number of methoxy groups -OCH3 is 1. The second-order valence-electron chi connectivity index (χ2n) is 8.86. The highest BCUT2D eigenvalue weighted by atomic mass is 32.1. The third-order valence-electron chi connectivity index (χ3n) is 6.71. The van der Waals surface area contributed by atoms with Crippen molar-refractivity contribution in [2.24, 2.45) is 0 Å². The molecule has 0 bridgehead atoms. The van der Waals surface area contributed by atoms with Gasteiger partial charge in [0.2, 0.25) is 0 Å². The van der Waals surface area contributed by atoms with Gasteiger partial charge >= 0.3 is 5.97 Å². The topological polar surface area (TPSA) is 59.0 Å². The van der Waals surface area contributed by atoms with Crippen molar-refractivity contribution in [1.82, 2.24) is 4.90 Å². The van der Waals surface area contributed by atoms with Crippen LogP contribution in [0, 0.1) is 0 Å². The van der Waals surface area contributed by atoms with E-state index in [2.05, 4.69) is 22.4 Å². The van der Waals surface area contributed by atoms with Crippen LogP contribution in [0.3, 0.4) is 0 Å². The van der Waals surface area contributed by atoms with Crippen molar-refractivity contribution in [2.45, 2.75) is 38.0 Å². The molecule has 0 amide bonds. The maximum absolute atomic E-state index is 12.2. The van der Waals surface area contributed by atoms with Gasteiger partial charge in [0.25, 0.3) is 0 Å². The minimum atomic E-state index is -0.760. The number of thiophene rings is 1. The smallest absolute Gasteiger partial charge is 0.320 e. The number of ether oxygens (including phenoxy) is 2. The van der Waals surface area contributed by atoms with Crippen LogP contribution in [0.15, 0.2) is 78.2 Å². The van der Waals surface area contributed by atoms with Crippen LogP contribution in [0.25, 0.3) is 10.1 Å². The van der Waals surface area contributed by atoms with Crippen LogP contribution in [0.1, 0.15) is 42.0 Å². The van der Waals surface area contributed by atoms with Crippen molar-refractivity contribution >= 4 is 27.4 Å². The zero-order valence-corrected chi connectivity index (χ0v) is 20.5. The molecule has 2 atom stereocenters. The molecule has 0 radical (unpaired) electrons. The van der Waals surface area contributed by atoms with Crippen LogP contribution in [0.4, 0.5) is 0 Å². The molecule has 1 aromatic heterocycles. The molecule has 1 saturated heterocycles. The van der Waals surface area contributed by atoms with Crippen molar-refractivity contribution in [3.05, 3.63) is 94.9 Å². The Kier molecular flexibility index (Phi) is 7.02. The van der Waals surface area contributed by atoms with Crippen molar-refractivity contribution < 1.29 is 19.4 Å². The summed E-state index contributed by atoms with van der Waals surface area (Å²) >= 11 is 1.70. The van der Waals surface area contributed by atoms with E-state index in [1.807, 2.05) is 60.7 Å². The van der Waals surface area contributed by atoms with Crippen LogP contribution >= 0.6 is 11.3 Å². The van der Waals surface area contributed by atoms with Crippen molar-refractivity contribution in [1.29, 1.82) is 0 Å². The Morgan fingerprint density at radius 3 is 2.66 bits per heavy atom. The van der Waals surface area contributed by atoms with Gasteiger partial charge in [0.15, 0.2) is 11.5 Å². The lowest BCUT2D eigenvalue weighted by molar-refractivity contribution is -0.145. The van der Waals surface area contributed by atoms with E-state index in [4.69, 9.17) is 9.47 Å². The summed E-state index contributed by atoms with van der Waals surface area (Å²) in [7, 11) is 1.64. The second kappa shape index (κ2) is 10.5. The first-order valence-electron chi connectivity index (χ1n) is 11.9. The normalized spacial score (nSPS) is 17.2. The monoisotopic (exact) mass is 487 g/mol. The Morgan fingerprint density at radius 1 is 1.06 bits per heavy atom. The highest BCUT2D eigenvalue weighted by Crippen LogP contribution is 2.42. The summed E-state index contributed by atoms with van der Waals surface area (Å²) in [5.74, 6) is 0.554. The lowest BCUT2D eigenvalue weighted by atomic mass is 9.91. The molecule has 1 aliphatic rings. The first-order valence-corrected chi connectivity index (χ1v) is 12.8. The van der Waals surface area contributed by atoms with Crippen LogP contribution in [0.5, 0.6) is 11.5 Å². The number of piperidine rings is 1. The molecule has 0 saturated carbocycles. The standard InChI is InChI=1S/C29H29NO4S/c1-33-26-17-21(14-15-25(26)34-18-20-9-3-2-4-10-20)28(30-16-8-7-12-24(30)29(31)32)23-19-35-27-13-6-5-11-22(23)27/h2-6,9-11,13-15,17,19,24,28H,7-8,12,16,18H2,1H3,(H,31,32). The van der Waals surface area contributed by atoms with E-state index in [0.29, 0.717) is 24.5 Å². The predicted molar refractivity (Wildman–Crippen MR) is 139 cm³/mol. The average Bonchev–Trinajstić information content (AvgIpc) is 3.32. The largest absolute Gasteiger partial charge is 0.493 e. The Labute approximate surface area is 209 Å².